The van der Waals surface area contributed by atoms with Crippen molar-refractivity contribution < 1.29 is 8.78 Å². The highest BCUT2D eigenvalue weighted by molar-refractivity contribution is 5.22. The maximum Gasteiger partial charge on any atom is 0.159 e. The largest absolute Gasteiger partial charge is 0.329 e. The highest BCUT2D eigenvalue weighted by atomic mass is 19.2. The van der Waals surface area contributed by atoms with Gasteiger partial charge in [0.25, 0.3) is 0 Å². The lowest BCUT2D eigenvalue weighted by Crippen LogP contribution is -2.36. The molecule has 1 aliphatic carbocycles. The monoisotopic (exact) mass is 254 g/mol. The Labute approximate surface area is 107 Å². The molecular formula is C14H20F2N2. The van der Waals surface area contributed by atoms with E-state index in [1.165, 1.54) is 25.0 Å². The van der Waals surface area contributed by atoms with Crippen LogP contribution in [-0.4, -0.2) is 24.0 Å². The van der Waals surface area contributed by atoms with E-state index in [1.807, 2.05) is 0 Å². The summed E-state index contributed by atoms with van der Waals surface area (Å²) < 4.78 is 26.3. The molecule has 1 aliphatic rings. The van der Waals surface area contributed by atoms with E-state index in [4.69, 9.17) is 5.73 Å². The van der Waals surface area contributed by atoms with Crippen LogP contribution in [0.15, 0.2) is 18.2 Å². The summed E-state index contributed by atoms with van der Waals surface area (Å²) in [6, 6.07) is 4.66. The fourth-order valence-electron chi connectivity index (χ4n) is 2.44. The standard InChI is InChI=1S/C14H20F2N2/c1-2-7-18(11-4-5-11)14(9-17)10-3-6-12(15)13(16)8-10/h3,6,8,11,14H,2,4-5,7,9,17H2,1H3. The second-order valence-electron chi connectivity index (χ2n) is 4.89. The molecule has 18 heavy (non-hydrogen) atoms. The van der Waals surface area contributed by atoms with Gasteiger partial charge >= 0.3 is 0 Å². The second-order valence-corrected chi connectivity index (χ2v) is 4.89. The Bertz CT molecular complexity index is 405. The van der Waals surface area contributed by atoms with Crippen molar-refractivity contribution in [1.29, 1.82) is 0 Å². The van der Waals surface area contributed by atoms with Crippen molar-refractivity contribution in [2.45, 2.75) is 38.3 Å². The van der Waals surface area contributed by atoms with Gasteiger partial charge in [0, 0.05) is 18.6 Å². The minimum absolute atomic E-state index is 0.00690. The molecule has 0 amide bonds. The van der Waals surface area contributed by atoms with Crippen molar-refractivity contribution in [2.24, 2.45) is 5.73 Å². The van der Waals surface area contributed by atoms with Gasteiger partial charge in [-0.15, -0.1) is 0 Å². The third kappa shape index (κ3) is 2.87. The molecular weight excluding hydrogens is 234 g/mol. The first kappa shape index (κ1) is 13.4. The number of hydrogen-bond acceptors (Lipinski definition) is 2. The summed E-state index contributed by atoms with van der Waals surface area (Å²) >= 11 is 0. The summed E-state index contributed by atoms with van der Waals surface area (Å²) in [6.07, 6.45) is 3.40. The predicted octanol–water partition coefficient (Wildman–Crippen LogP) is 2.84. The first-order chi connectivity index (χ1) is 8.67. The minimum atomic E-state index is -0.803. The van der Waals surface area contributed by atoms with Crippen molar-refractivity contribution in [3.8, 4) is 0 Å². The van der Waals surface area contributed by atoms with E-state index < -0.39 is 11.6 Å². The summed E-state index contributed by atoms with van der Waals surface area (Å²) in [5, 5.41) is 0. The van der Waals surface area contributed by atoms with Crippen molar-refractivity contribution in [3.05, 3.63) is 35.4 Å². The molecule has 0 saturated heterocycles. The zero-order valence-electron chi connectivity index (χ0n) is 10.7. The quantitative estimate of drug-likeness (QED) is 0.845. The van der Waals surface area contributed by atoms with Crippen LogP contribution in [0.25, 0.3) is 0 Å². The Morgan fingerprint density at radius 1 is 1.33 bits per heavy atom. The van der Waals surface area contributed by atoms with Gasteiger partial charge in [0.05, 0.1) is 0 Å². The fourth-order valence-corrected chi connectivity index (χ4v) is 2.44. The summed E-state index contributed by atoms with van der Waals surface area (Å²) in [6.45, 7) is 3.50. The lowest BCUT2D eigenvalue weighted by Gasteiger charge is -2.31. The van der Waals surface area contributed by atoms with E-state index in [9.17, 15) is 8.78 Å². The Kier molecular flexibility index (Phi) is 4.30. The Balaban J connectivity index is 2.22. The van der Waals surface area contributed by atoms with Crippen molar-refractivity contribution >= 4 is 0 Å². The van der Waals surface area contributed by atoms with E-state index in [0.29, 0.717) is 12.6 Å². The van der Waals surface area contributed by atoms with Crippen LogP contribution in [-0.2, 0) is 0 Å². The number of benzene rings is 1. The van der Waals surface area contributed by atoms with E-state index in [1.54, 1.807) is 6.07 Å². The fraction of sp³-hybridized carbons (Fsp3) is 0.571. The maximum absolute atomic E-state index is 13.3. The van der Waals surface area contributed by atoms with Crippen LogP contribution < -0.4 is 5.73 Å². The molecule has 0 bridgehead atoms. The molecule has 100 valence electrons. The molecule has 0 spiro atoms. The molecule has 1 fully saturated rings. The van der Waals surface area contributed by atoms with Gasteiger partial charge in [-0.1, -0.05) is 13.0 Å². The van der Waals surface area contributed by atoms with Crippen LogP contribution in [0.5, 0.6) is 0 Å². The molecule has 2 rings (SSSR count). The van der Waals surface area contributed by atoms with E-state index in [-0.39, 0.29) is 6.04 Å². The number of nitrogens with two attached hydrogens (primary N) is 1. The maximum atomic E-state index is 13.3. The topological polar surface area (TPSA) is 29.3 Å². The van der Waals surface area contributed by atoms with E-state index in [0.717, 1.165) is 18.5 Å². The van der Waals surface area contributed by atoms with Crippen LogP contribution in [0.3, 0.4) is 0 Å². The summed E-state index contributed by atoms with van der Waals surface area (Å²) in [5.41, 5.74) is 6.61. The Morgan fingerprint density at radius 3 is 2.56 bits per heavy atom. The van der Waals surface area contributed by atoms with Gasteiger partial charge in [0.1, 0.15) is 0 Å². The van der Waals surface area contributed by atoms with Gasteiger partial charge in [-0.05, 0) is 43.5 Å². The molecule has 4 heteroatoms. The molecule has 0 heterocycles. The molecule has 0 aliphatic heterocycles. The van der Waals surface area contributed by atoms with E-state index >= 15 is 0 Å². The average Bonchev–Trinajstić information content (AvgIpc) is 3.17. The molecule has 1 atom stereocenters. The first-order valence-electron chi connectivity index (χ1n) is 6.58. The third-order valence-electron chi connectivity index (χ3n) is 3.45. The number of nitrogens with zero attached hydrogens (tertiary/aromatic N) is 1. The zero-order valence-corrected chi connectivity index (χ0v) is 10.7. The number of hydrogen-bond donors (Lipinski definition) is 1. The number of rotatable bonds is 6. The van der Waals surface area contributed by atoms with Gasteiger partial charge in [0.15, 0.2) is 11.6 Å². The molecule has 1 unspecified atom stereocenters. The van der Waals surface area contributed by atoms with Crippen LogP contribution in [0, 0.1) is 11.6 Å². The van der Waals surface area contributed by atoms with Crippen molar-refractivity contribution in [3.63, 3.8) is 0 Å². The van der Waals surface area contributed by atoms with Crippen LogP contribution in [0.1, 0.15) is 37.8 Å². The van der Waals surface area contributed by atoms with Crippen molar-refractivity contribution in [2.75, 3.05) is 13.1 Å². The molecule has 1 aromatic carbocycles. The third-order valence-corrected chi connectivity index (χ3v) is 3.45. The predicted molar refractivity (Wildman–Crippen MR) is 68.2 cm³/mol. The SMILES string of the molecule is CCCN(C1CC1)C(CN)c1ccc(F)c(F)c1. The Hall–Kier alpha value is -1.00. The summed E-state index contributed by atoms with van der Waals surface area (Å²) in [7, 11) is 0. The Morgan fingerprint density at radius 2 is 2.06 bits per heavy atom. The van der Waals surface area contributed by atoms with Gasteiger partial charge < -0.3 is 5.73 Å². The van der Waals surface area contributed by atoms with E-state index in [2.05, 4.69) is 11.8 Å². The van der Waals surface area contributed by atoms with Crippen LogP contribution in [0.2, 0.25) is 0 Å². The lowest BCUT2D eigenvalue weighted by molar-refractivity contribution is 0.191. The molecule has 1 aromatic rings. The highest BCUT2D eigenvalue weighted by Crippen LogP contribution is 2.34. The van der Waals surface area contributed by atoms with Gasteiger partial charge in [-0.2, -0.15) is 0 Å². The molecule has 0 radical (unpaired) electrons. The highest BCUT2D eigenvalue weighted by Gasteiger charge is 2.33. The van der Waals surface area contributed by atoms with Crippen LogP contribution in [0.4, 0.5) is 8.78 Å². The normalized spacial score (nSPS) is 17.2. The molecule has 2 nitrogen and oxygen atoms in total. The summed E-state index contributed by atoms with van der Waals surface area (Å²) in [4.78, 5) is 2.33. The first-order valence-corrected chi connectivity index (χ1v) is 6.58. The second kappa shape index (κ2) is 5.76. The van der Waals surface area contributed by atoms with Gasteiger partial charge in [-0.3, -0.25) is 4.90 Å². The lowest BCUT2D eigenvalue weighted by atomic mass is 10.0. The molecule has 1 saturated carbocycles. The smallest absolute Gasteiger partial charge is 0.159 e. The molecule has 0 aromatic heterocycles. The van der Waals surface area contributed by atoms with Gasteiger partial charge in [-0.25, -0.2) is 8.78 Å². The average molecular weight is 254 g/mol. The number of halogens is 2. The minimum Gasteiger partial charge on any atom is -0.329 e. The summed E-state index contributed by atoms with van der Waals surface area (Å²) in [5.74, 6) is -1.60. The van der Waals surface area contributed by atoms with Crippen molar-refractivity contribution in [1.82, 2.24) is 4.90 Å². The molecule has 2 N–H and O–H groups in total. The van der Waals surface area contributed by atoms with Gasteiger partial charge in [0.2, 0.25) is 0 Å². The van der Waals surface area contributed by atoms with Crippen LogP contribution >= 0.6 is 0 Å². The zero-order chi connectivity index (χ0) is 13.1.